The summed E-state index contributed by atoms with van der Waals surface area (Å²) in [6, 6.07) is 5.62. The van der Waals surface area contributed by atoms with E-state index < -0.39 is 5.97 Å². The molecule has 2 aromatic rings. The standard InChI is InChI=1S/C15H17FN4O2/c1-10-6-8-19(9-7-10)14-13(15(21)22)17-20(18-14)12-4-2-11(16)3-5-12/h2-5,10H,6-9H2,1H3,(H,21,22). The van der Waals surface area contributed by atoms with Gasteiger partial charge in [-0.3, -0.25) is 0 Å². The molecule has 0 saturated carbocycles. The lowest BCUT2D eigenvalue weighted by molar-refractivity contribution is 0.0690. The van der Waals surface area contributed by atoms with E-state index in [4.69, 9.17) is 0 Å². The van der Waals surface area contributed by atoms with Gasteiger partial charge in [0.25, 0.3) is 0 Å². The Labute approximate surface area is 127 Å². The number of nitrogens with zero attached hydrogens (tertiary/aromatic N) is 4. The number of carbonyl (C=O) groups is 1. The Morgan fingerprint density at radius 1 is 1.23 bits per heavy atom. The molecule has 116 valence electrons. The van der Waals surface area contributed by atoms with Gasteiger partial charge in [-0.25, -0.2) is 9.18 Å². The number of aromatic nitrogens is 3. The van der Waals surface area contributed by atoms with Gasteiger partial charge in [-0.1, -0.05) is 6.92 Å². The van der Waals surface area contributed by atoms with Crippen LogP contribution in [0.15, 0.2) is 24.3 Å². The van der Waals surface area contributed by atoms with E-state index in [0.717, 1.165) is 25.9 Å². The number of rotatable bonds is 3. The van der Waals surface area contributed by atoms with Crippen LogP contribution in [0.25, 0.3) is 5.69 Å². The molecule has 1 aliphatic rings. The fourth-order valence-corrected chi connectivity index (χ4v) is 2.56. The zero-order chi connectivity index (χ0) is 15.7. The van der Waals surface area contributed by atoms with Gasteiger partial charge in [0, 0.05) is 13.1 Å². The van der Waals surface area contributed by atoms with E-state index in [1.54, 1.807) is 0 Å². The molecule has 1 saturated heterocycles. The first-order chi connectivity index (χ1) is 10.5. The number of carboxylic acids is 1. The average Bonchev–Trinajstić information content (AvgIpc) is 2.94. The van der Waals surface area contributed by atoms with E-state index in [1.165, 1.54) is 29.1 Å². The molecule has 1 fully saturated rings. The van der Waals surface area contributed by atoms with Crippen LogP contribution < -0.4 is 4.90 Å². The average molecular weight is 304 g/mol. The smallest absolute Gasteiger partial charge is 0.360 e. The van der Waals surface area contributed by atoms with Crippen molar-refractivity contribution in [3.8, 4) is 5.69 Å². The van der Waals surface area contributed by atoms with Crippen molar-refractivity contribution in [3.05, 3.63) is 35.8 Å². The molecule has 0 aliphatic carbocycles. The predicted octanol–water partition coefficient (Wildman–Crippen LogP) is 2.34. The number of piperidine rings is 1. The van der Waals surface area contributed by atoms with E-state index in [9.17, 15) is 14.3 Å². The van der Waals surface area contributed by atoms with Crippen molar-refractivity contribution >= 4 is 11.8 Å². The highest BCUT2D eigenvalue weighted by Crippen LogP contribution is 2.24. The SMILES string of the molecule is CC1CCN(c2nn(-c3ccc(F)cc3)nc2C(=O)O)CC1. The third-order valence-corrected chi connectivity index (χ3v) is 3.94. The van der Waals surface area contributed by atoms with Gasteiger partial charge in [0.15, 0.2) is 5.82 Å². The van der Waals surface area contributed by atoms with Gasteiger partial charge in [0.2, 0.25) is 5.69 Å². The third kappa shape index (κ3) is 2.79. The van der Waals surface area contributed by atoms with Gasteiger partial charge in [-0.15, -0.1) is 15.0 Å². The van der Waals surface area contributed by atoms with Crippen LogP contribution in [0.4, 0.5) is 10.2 Å². The Morgan fingerprint density at radius 2 is 1.86 bits per heavy atom. The Bertz CT molecular complexity index is 675. The van der Waals surface area contributed by atoms with Crippen LogP contribution in [0.3, 0.4) is 0 Å². The quantitative estimate of drug-likeness (QED) is 0.942. The monoisotopic (exact) mass is 304 g/mol. The molecule has 1 aliphatic heterocycles. The van der Waals surface area contributed by atoms with Gasteiger partial charge < -0.3 is 10.0 Å². The minimum atomic E-state index is -1.11. The molecule has 0 atom stereocenters. The second kappa shape index (κ2) is 5.75. The molecule has 1 N–H and O–H groups in total. The lowest BCUT2D eigenvalue weighted by atomic mass is 9.99. The first kappa shape index (κ1) is 14.5. The molecule has 0 amide bonds. The highest BCUT2D eigenvalue weighted by atomic mass is 19.1. The maximum absolute atomic E-state index is 13.0. The lowest BCUT2D eigenvalue weighted by Gasteiger charge is -2.30. The summed E-state index contributed by atoms with van der Waals surface area (Å²) in [6.45, 7) is 3.72. The van der Waals surface area contributed by atoms with Crippen LogP contribution in [0.1, 0.15) is 30.3 Å². The number of carboxylic acid groups (broad SMARTS) is 1. The summed E-state index contributed by atoms with van der Waals surface area (Å²) in [6.07, 6.45) is 2.00. The maximum Gasteiger partial charge on any atom is 0.360 e. The molecule has 7 heteroatoms. The molecular weight excluding hydrogens is 287 g/mol. The molecular formula is C15H17FN4O2. The zero-order valence-electron chi connectivity index (χ0n) is 12.2. The highest BCUT2D eigenvalue weighted by Gasteiger charge is 2.26. The Kier molecular flexibility index (Phi) is 3.79. The molecule has 3 rings (SSSR count). The van der Waals surface area contributed by atoms with Crippen LogP contribution in [0.2, 0.25) is 0 Å². The van der Waals surface area contributed by atoms with Gasteiger partial charge in [0.1, 0.15) is 5.82 Å². The lowest BCUT2D eigenvalue weighted by Crippen LogP contribution is -2.34. The largest absolute Gasteiger partial charge is 0.476 e. The normalized spacial score (nSPS) is 16.0. The van der Waals surface area contributed by atoms with Crippen LogP contribution in [-0.4, -0.2) is 39.2 Å². The molecule has 0 radical (unpaired) electrons. The summed E-state index contributed by atoms with van der Waals surface area (Å²) in [7, 11) is 0. The topological polar surface area (TPSA) is 71.2 Å². The summed E-state index contributed by atoms with van der Waals surface area (Å²) in [4.78, 5) is 14.6. The number of anilines is 1. The molecule has 22 heavy (non-hydrogen) atoms. The molecule has 0 bridgehead atoms. The number of benzene rings is 1. The van der Waals surface area contributed by atoms with Gasteiger partial charge >= 0.3 is 5.97 Å². The van der Waals surface area contributed by atoms with Gasteiger partial charge in [0.05, 0.1) is 5.69 Å². The van der Waals surface area contributed by atoms with Crippen LogP contribution >= 0.6 is 0 Å². The first-order valence-electron chi connectivity index (χ1n) is 7.26. The van der Waals surface area contributed by atoms with Crippen LogP contribution in [0, 0.1) is 11.7 Å². The van der Waals surface area contributed by atoms with Gasteiger partial charge in [-0.2, -0.15) is 0 Å². The summed E-state index contributed by atoms with van der Waals surface area (Å²) >= 11 is 0. The number of aromatic carboxylic acids is 1. The molecule has 0 spiro atoms. The van der Waals surface area contributed by atoms with E-state index >= 15 is 0 Å². The van der Waals surface area contributed by atoms with Crippen molar-refractivity contribution in [2.75, 3.05) is 18.0 Å². The second-order valence-electron chi connectivity index (χ2n) is 5.61. The number of halogens is 1. The maximum atomic E-state index is 13.0. The van der Waals surface area contributed by atoms with E-state index in [2.05, 4.69) is 17.1 Å². The fourth-order valence-electron chi connectivity index (χ4n) is 2.56. The molecule has 0 unspecified atom stereocenters. The van der Waals surface area contributed by atoms with Crippen molar-refractivity contribution in [1.82, 2.24) is 15.0 Å². The zero-order valence-corrected chi connectivity index (χ0v) is 12.2. The predicted molar refractivity (Wildman–Crippen MR) is 78.9 cm³/mol. The van der Waals surface area contributed by atoms with Crippen molar-refractivity contribution in [2.24, 2.45) is 5.92 Å². The summed E-state index contributed by atoms with van der Waals surface area (Å²) in [5, 5.41) is 17.7. The molecule has 6 nitrogen and oxygen atoms in total. The highest BCUT2D eigenvalue weighted by molar-refractivity contribution is 5.91. The number of hydrogen-bond donors (Lipinski definition) is 1. The summed E-state index contributed by atoms with van der Waals surface area (Å²) in [5.41, 5.74) is 0.458. The fraction of sp³-hybridized carbons (Fsp3) is 0.400. The molecule has 1 aromatic carbocycles. The number of hydrogen-bond acceptors (Lipinski definition) is 4. The summed E-state index contributed by atoms with van der Waals surface area (Å²) in [5.74, 6) is -0.456. The Hall–Kier alpha value is -2.44. The van der Waals surface area contributed by atoms with Crippen molar-refractivity contribution < 1.29 is 14.3 Å². The van der Waals surface area contributed by atoms with E-state index in [0.29, 0.717) is 17.4 Å². The third-order valence-electron chi connectivity index (χ3n) is 3.94. The van der Waals surface area contributed by atoms with E-state index in [1.807, 2.05) is 4.90 Å². The van der Waals surface area contributed by atoms with Crippen molar-refractivity contribution in [1.29, 1.82) is 0 Å². The van der Waals surface area contributed by atoms with Crippen molar-refractivity contribution in [3.63, 3.8) is 0 Å². The van der Waals surface area contributed by atoms with E-state index in [-0.39, 0.29) is 11.5 Å². The second-order valence-corrected chi connectivity index (χ2v) is 5.61. The molecule has 1 aromatic heterocycles. The summed E-state index contributed by atoms with van der Waals surface area (Å²) < 4.78 is 13.0. The Morgan fingerprint density at radius 3 is 2.45 bits per heavy atom. The van der Waals surface area contributed by atoms with Crippen molar-refractivity contribution in [2.45, 2.75) is 19.8 Å². The van der Waals surface area contributed by atoms with Crippen LogP contribution in [-0.2, 0) is 0 Å². The minimum absolute atomic E-state index is 0.0705. The van der Waals surface area contributed by atoms with Gasteiger partial charge in [-0.05, 0) is 43.0 Å². The Balaban J connectivity index is 1.95. The first-order valence-corrected chi connectivity index (χ1v) is 7.26. The minimum Gasteiger partial charge on any atom is -0.476 e. The van der Waals surface area contributed by atoms with Crippen LogP contribution in [0.5, 0.6) is 0 Å². The molecule has 2 heterocycles.